The number of hydrogen-bond donors (Lipinski definition) is 0. The van der Waals surface area contributed by atoms with Crippen molar-refractivity contribution in [2.45, 2.75) is 51.7 Å². The van der Waals surface area contributed by atoms with Gasteiger partial charge in [-0.1, -0.05) is 42.5 Å². The molecule has 2 aromatic rings. The largest absolute Gasteiger partial charge is 0.490 e. The second kappa shape index (κ2) is 9.77. The van der Waals surface area contributed by atoms with Crippen molar-refractivity contribution in [3.8, 4) is 5.75 Å². The lowest BCUT2D eigenvalue weighted by molar-refractivity contribution is 0.0126. The van der Waals surface area contributed by atoms with Crippen LogP contribution < -0.4 is 4.74 Å². The lowest BCUT2D eigenvalue weighted by Crippen LogP contribution is -2.44. The van der Waals surface area contributed by atoms with Gasteiger partial charge >= 0.3 is 6.09 Å². The molecule has 0 N–H and O–H groups in total. The van der Waals surface area contributed by atoms with Crippen molar-refractivity contribution >= 4 is 17.7 Å². The molecule has 6 heteroatoms. The van der Waals surface area contributed by atoms with Crippen LogP contribution in [0, 0.1) is 0 Å². The molecule has 164 valence electrons. The second-order valence-electron chi connectivity index (χ2n) is 8.67. The summed E-state index contributed by atoms with van der Waals surface area (Å²) in [6.07, 6.45) is 0.648. The zero-order valence-electron chi connectivity index (χ0n) is 18.3. The summed E-state index contributed by atoms with van der Waals surface area (Å²) in [5.41, 5.74) is 0.395. The quantitative estimate of drug-likeness (QED) is 0.487. The van der Waals surface area contributed by atoms with E-state index >= 15 is 0 Å². The van der Waals surface area contributed by atoms with Crippen LogP contribution in [0.2, 0.25) is 0 Å². The fraction of sp³-hybridized carbons (Fsp3) is 0.400. The van der Waals surface area contributed by atoms with Crippen molar-refractivity contribution in [3.63, 3.8) is 0 Å². The maximum absolute atomic E-state index is 12.8. The number of carbonyl (C=O) groups is 3. The Hall–Kier alpha value is -3.15. The zero-order valence-corrected chi connectivity index (χ0v) is 18.3. The number of carbonyl (C=O) groups excluding carboxylic acids is 3. The highest BCUT2D eigenvalue weighted by Crippen LogP contribution is 2.25. The maximum atomic E-state index is 12.8. The standard InChI is InChI=1S/C25H29NO5/c1-25(2,3)31-24(29)26-15-13-19(14-16-26)30-23-12-8-7-11-20(23)22(28)17-21(27)18-9-5-4-6-10-18/h4-12,19H,13-17H2,1-3H3. The zero-order chi connectivity index (χ0) is 22.4. The van der Waals surface area contributed by atoms with Gasteiger partial charge in [0, 0.05) is 31.5 Å². The van der Waals surface area contributed by atoms with Crippen molar-refractivity contribution in [1.29, 1.82) is 0 Å². The predicted octanol–water partition coefficient (Wildman–Crippen LogP) is 4.92. The van der Waals surface area contributed by atoms with Gasteiger partial charge in [-0.25, -0.2) is 4.79 Å². The average Bonchev–Trinajstić information content (AvgIpc) is 2.74. The second-order valence-corrected chi connectivity index (χ2v) is 8.67. The molecule has 1 heterocycles. The summed E-state index contributed by atoms with van der Waals surface area (Å²) < 4.78 is 11.5. The lowest BCUT2D eigenvalue weighted by atomic mass is 10.0. The Labute approximate surface area is 183 Å². The van der Waals surface area contributed by atoms with Crippen LogP contribution in [0.25, 0.3) is 0 Å². The van der Waals surface area contributed by atoms with E-state index < -0.39 is 5.60 Å². The summed E-state index contributed by atoms with van der Waals surface area (Å²) in [6, 6.07) is 15.8. The molecule has 0 radical (unpaired) electrons. The number of rotatable bonds is 6. The minimum atomic E-state index is -0.527. The van der Waals surface area contributed by atoms with Gasteiger partial charge in [0.15, 0.2) is 11.6 Å². The highest BCUT2D eigenvalue weighted by molar-refractivity contribution is 6.14. The number of ketones is 2. The summed E-state index contributed by atoms with van der Waals surface area (Å²) in [7, 11) is 0. The van der Waals surface area contributed by atoms with E-state index in [1.807, 2.05) is 26.8 Å². The smallest absolute Gasteiger partial charge is 0.410 e. The SMILES string of the molecule is CC(C)(C)OC(=O)N1CCC(Oc2ccccc2C(=O)CC(=O)c2ccccc2)CC1. The molecule has 1 amide bonds. The first kappa shape index (κ1) is 22.5. The minimum absolute atomic E-state index is 0.113. The van der Waals surface area contributed by atoms with Crippen molar-refractivity contribution in [1.82, 2.24) is 4.90 Å². The third-order valence-corrected chi connectivity index (χ3v) is 4.99. The number of piperidine rings is 1. The molecule has 0 saturated carbocycles. The molecule has 1 aliphatic heterocycles. The van der Waals surface area contributed by atoms with Gasteiger partial charge in [-0.2, -0.15) is 0 Å². The summed E-state index contributed by atoms with van der Waals surface area (Å²) in [6.45, 7) is 6.59. The fourth-order valence-corrected chi connectivity index (χ4v) is 3.43. The van der Waals surface area contributed by atoms with Gasteiger partial charge in [-0.3, -0.25) is 9.59 Å². The minimum Gasteiger partial charge on any atom is -0.490 e. The van der Waals surface area contributed by atoms with E-state index in [0.717, 1.165) is 0 Å². The van der Waals surface area contributed by atoms with E-state index in [1.165, 1.54) is 0 Å². The number of nitrogens with zero attached hydrogens (tertiary/aromatic N) is 1. The van der Waals surface area contributed by atoms with Gasteiger partial charge in [-0.15, -0.1) is 0 Å². The first-order valence-electron chi connectivity index (χ1n) is 10.6. The van der Waals surface area contributed by atoms with Crippen molar-refractivity contribution in [2.75, 3.05) is 13.1 Å². The summed E-state index contributed by atoms with van der Waals surface area (Å²) >= 11 is 0. The molecule has 0 bridgehead atoms. The van der Waals surface area contributed by atoms with E-state index in [4.69, 9.17) is 9.47 Å². The van der Waals surface area contributed by atoms with Crippen LogP contribution in [0.5, 0.6) is 5.75 Å². The fourth-order valence-electron chi connectivity index (χ4n) is 3.43. The first-order chi connectivity index (χ1) is 14.7. The molecule has 31 heavy (non-hydrogen) atoms. The van der Waals surface area contributed by atoms with Crippen molar-refractivity contribution in [2.24, 2.45) is 0 Å². The Kier molecular flexibility index (Phi) is 7.10. The topological polar surface area (TPSA) is 72.9 Å². The molecular formula is C25H29NO5. The molecule has 0 aromatic heterocycles. The number of amides is 1. The van der Waals surface area contributed by atoms with Crippen LogP contribution in [0.3, 0.4) is 0 Å². The lowest BCUT2D eigenvalue weighted by Gasteiger charge is -2.33. The third-order valence-electron chi connectivity index (χ3n) is 4.99. The highest BCUT2D eigenvalue weighted by Gasteiger charge is 2.28. The van der Waals surface area contributed by atoms with Crippen molar-refractivity contribution in [3.05, 3.63) is 65.7 Å². The molecule has 3 rings (SSSR count). The molecule has 0 aliphatic carbocycles. The van der Waals surface area contributed by atoms with Gasteiger partial charge in [-0.05, 0) is 32.9 Å². The maximum Gasteiger partial charge on any atom is 0.410 e. The van der Waals surface area contributed by atoms with Gasteiger partial charge < -0.3 is 14.4 Å². The number of Topliss-reactive ketones (excluding diaryl/α,β-unsaturated/α-hetero) is 2. The molecule has 1 saturated heterocycles. The Morgan fingerprint density at radius 1 is 0.903 bits per heavy atom. The molecule has 6 nitrogen and oxygen atoms in total. The van der Waals surface area contributed by atoms with E-state index in [-0.39, 0.29) is 30.2 Å². The molecule has 1 fully saturated rings. The number of para-hydroxylation sites is 1. The molecule has 0 atom stereocenters. The van der Waals surface area contributed by atoms with Gasteiger partial charge in [0.25, 0.3) is 0 Å². The monoisotopic (exact) mass is 423 g/mol. The normalized spacial score (nSPS) is 14.7. The van der Waals surface area contributed by atoms with Gasteiger partial charge in [0.05, 0.1) is 12.0 Å². The Morgan fingerprint density at radius 2 is 1.52 bits per heavy atom. The van der Waals surface area contributed by atoms with E-state index in [0.29, 0.717) is 42.8 Å². The number of likely N-dealkylation sites (tertiary alicyclic amines) is 1. The molecular weight excluding hydrogens is 394 g/mol. The number of benzene rings is 2. The summed E-state index contributed by atoms with van der Waals surface area (Å²) in [5.74, 6) is -0.00852. The van der Waals surface area contributed by atoms with Crippen LogP contribution in [-0.4, -0.2) is 47.4 Å². The van der Waals surface area contributed by atoms with Crippen LogP contribution in [0.15, 0.2) is 54.6 Å². The van der Waals surface area contributed by atoms with Gasteiger partial charge in [0.2, 0.25) is 0 Å². The molecule has 0 spiro atoms. The van der Waals surface area contributed by atoms with E-state index in [1.54, 1.807) is 53.4 Å². The predicted molar refractivity (Wildman–Crippen MR) is 118 cm³/mol. The van der Waals surface area contributed by atoms with Crippen LogP contribution in [0.1, 0.15) is 60.7 Å². The van der Waals surface area contributed by atoms with E-state index in [2.05, 4.69) is 0 Å². The Bertz CT molecular complexity index is 924. The number of ether oxygens (including phenoxy) is 2. The number of hydrogen-bond acceptors (Lipinski definition) is 5. The first-order valence-corrected chi connectivity index (χ1v) is 10.6. The molecule has 1 aliphatic rings. The van der Waals surface area contributed by atoms with Crippen LogP contribution >= 0.6 is 0 Å². The third kappa shape index (κ3) is 6.41. The van der Waals surface area contributed by atoms with Crippen molar-refractivity contribution < 1.29 is 23.9 Å². The Balaban J connectivity index is 1.59. The summed E-state index contributed by atoms with van der Waals surface area (Å²) in [4.78, 5) is 39.1. The highest BCUT2D eigenvalue weighted by atomic mass is 16.6. The molecule has 0 unspecified atom stereocenters. The Morgan fingerprint density at radius 3 is 2.16 bits per heavy atom. The molecule has 2 aromatic carbocycles. The van der Waals surface area contributed by atoms with Crippen LogP contribution in [0.4, 0.5) is 4.79 Å². The average molecular weight is 424 g/mol. The van der Waals surface area contributed by atoms with E-state index in [9.17, 15) is 14.4 Å². The van der Waals surface area contributed by atoms with Crippen LogP contribution in [-0.2, 0) is 4.74 Å². The summed E-state index contributed by atoms with van der Waals surface area (Å²) in [5, 5.41) is 0. The van der Waals surface area contributed by atoms with Gasteiger partial charge in [0.1, 0.15) is 17.5 Å².